The number of rotatable bonds is 5. The molecule has 0 fully saturated rings. The van der Waals surface area contributed by atoms with E-state index in [1.165, 1.54) is 0 Å². The van der Waals surface area contributed by atoms with E-state index in [4.69, 9.17) is 5.11 Å². The van der Waals surface area contributed by atoms with Crippen molar-refractivity contribution >= 4 is 11.8 Å². The van der Waals surface area contributed by atoms with Gasteiger partial charge in [-0.3, -0.25) is 0 Å². The fraction of sp³-hybridized carbons (Fsp3) is 0.154. The van der Waals surface area contributed by atoms with Crippen LogP contribution in [0.2, 0.25) is 0 Å². The molecule has 1 heterocycles. The third-order valence-corrected chi connectivity index (χ3v) is 2.51. The van der Waals surface area contributed by atoms with E-state index in [1.807, 2.05) is 36.4 Å². The molecule has 2 aromatic rings. The Labute approximate surface area is 99.3 Å². The number of hydrogen-bond acceptors (Lipinski definition) is 2. The van der Waals surface area contributed by atoms with Gasteiger partial charge in [-0.05, 0) is 17.7 Å². The molecule has 4 heteroatoms. The zero-order chi connectivity index (χ0) is 12.1. The van der Waals surface area contributed by atoms with Crippen molar-refractivity contribution in [1.82, 2.24) is 4.98 Å². The highest BCUT2D eigenvalue weighted by Gasteiger charge is 2.17. The quantitative estimate of drug-likeness (QED) is 0.737. The average molecular weight is 230 g/mol. The zero-order valence-electron chi connectivity index (χ0n) is 9.26. The smallest absolute Gasteiger partial charge is 0.326 e. The van der Waals surface area contributed by atoms with Gasteiger partial charge in [-0.1, -0.05) is 30.3 Å². The number of carboxylic acids is 1. The predicted molar refractivity (Wildman–Crippen MR) is 66.0 cm³/mol. The number of carbonyl (C=O) groups is 1. The second-order valence-electron chi connectivity index (χ2n) is 3.81. The number of hydrogen-bond donors (Lipinski definition) is 3. The molecule has 17 heavy (non-hydrogen) atoms. The number of aromatic amines is 1. The lowest BCUT2D eigenvalue weighted by Gasteiger charge is -2.14. The molecule has 1 aromatic heterocycles. The minimum absolute atomic E-state index is 0.454. The number of anilines is 1. The second-order valence-corrected chi connectivity index (χ2v) is 3.81. The molecule has 0 amide bonds. The molecule has 3 N–H and O–H groups in total. The molecule has 1 unspecified atom stereocenters. The van der Waals surface area contributed by atoms with Crippen molar-refractivity contribution < 1.29 is 9.90 Å². The van der Waals surface area contributed by atoms with Crippen molar-refractivity contribution in [3.63, 3.8) is 0 Å². The lowest BCUT2D eigenvalue weighted by Crippen LogP contribution is -2.31. The third-order valence-electron chi connectivity index (χ3n) is 2.51. The molecular weight excluding hydrogens is 216 g/mol. The summed E-state index contributed by atoms with van der Waals surface area (Å²) in [7, 11) is 0. The van der Waals surface area contributed by atoms with E-state index in [2.05, 4.69) is 10.3 Å². The Balaban J connectivity index is 2.06. The summed E-state index contributed by atoms with van der Waals surface area (Å²) < 4.78 is 0. The van der Waals surface area contributed by atoms with Crippen LogP contribution in [0.25, 0.3) is 0 Å². The minimum atomic E-state index is -0.858. The van der Waals surface area contributed by atoms with E-state index in [0.29, 0.717) is 12.2 Å². The van der Waals surface area contributed by atoms with Crippen LogP contribution in [-0.4, -0.2) is 22.1 Å². The summed E-state index contributed by atoms with van der Waals surface area (Å²) in [4.78, 5) is 14.1. The second kappa shape index (κ2) is 5.21. The first-order chi connectivity index (χ1) is 8.25. The lowest BCUT2D eigenvalue weighted by molar-refractivity contribution is -0.137. The molecule has 0 aliphatic heterocycles. The molecule has 4 nitrogen and oxygen atoms in total. The fourth-order valence-electron chi connectivity index (χ4n) is 1.66. The van der Waals surface area contributed by atoms with Crippen LogP contribution >= 0.6 is 0 Å². The average Bonchev–Trinajstić information content (AvgIpc) is 2.82. The van der Waals surface area contributed by atoms with Crippen LogP contribution in [0.4, 0.5) is 5.82 Å². The Morgan fingerprint density at radius 2 is 2.00 bits per heavy atom. The van der Waals surface area contributed by atoms with Gasteiger partial charge >= 0.3 is 5.97 Å². The van der Waals surface area contributed by atoms with Crippen molar-refractivity contribution in [2.45, 2.75) is 12.5 Å². The van der Waals surface area contributed by atoms with Crippen LogP contribution in [0.5, 0.6) is 0 Å². The molecule has 0 aliphatic rings. The van der Waals surface area contributed by atoms with E-state index in [0.717, 1.165) is 5.56 Å². The van der Waals surface area contributed by atoms with Crippen LogP contribution < -0.4 is 5.32 Å². The first-order valence-electron chi connectivity index (χ1n) is 5.42. The Morgan fingerprint density at radius 1 is 1.24 bits per heavy atom. The number of nitrogens with one attached hydrogen (secondary N) is 2. The number of benzene rings is 1. The standard InChI is InChI=1S/C13H14N2O2/c16-13(17)11(15-12-7-4-8-14-12)9-10-5-2-1-3-6-10/h1-8,11,14-15H,9H2,(H,16,17). The maximum absolute atomic E-state index is 11.2. The van der Waals surface area contributed by atoms with E-state index in [-0.39, 0.29) is 0 Å². The highest BCUT2D eigenvalue weighted by molar-refractivity contribution is 5.77. The first-order valence-corrected chi connectivity index (χ1v) is 5.42. The summed E-state index contributed by atoms with van der Waals surface area (Å²) in [6, 6.07) is 12.6. The highest BCUT2D eigenvalue weighted by Crippen LogP contribution is 2.09. The Bertz CT molecular complexity index is 465. The predicted octanol–water partition coefficient (Wildman–Crippen LogP) is 2.12. The normalized spacial score (nSPS) is 12.0. The summed E-state index contributed by atoms with van der Waals surface area (Å²) in [5.74, 6) is -0.142. The summed E-state index contributed by atoms with van der Waals surface area (Å²) in [5, 5.41) is 12.1. The molecule has 0 radical (unpaired) electrons. The molecule has 0 spiro atoms. The molecule has 88 valence electrons. The van der Waals surface area contributed by atoms with Gasteiger partial charge in [-0.25, -0.2) is 4.79 Å². The van der Waals surface area contributed by atoms with Crippen LogP contribution in [0.15, 0.2) is 48.7 Å². The maximum Gasteiger partial charge on any atom is 0.326 e. The largest absolute Gasteiger partial charge is 0.480 e. The summed E-state index contributed by atoms with van der Waals surface area (Å²) in [6.07, 6.45) is 2.21. The summed E-state index contributed by atoms with van der Waals surface area (Å²) in [5.41, 5.74) is 0.999. The number of aromatic nitrogens is 1. The Hall–Kier alpha value is -2.23. The van der Waals surface area contributed by atoms with Gasteiger partial charge in [0.1, 0.15) is 11.9 Å². The minimum Gasteiger partial charge on any atom is -0.480 e. The topological polar surface area (TPSA) is 65.1 Å². The maximum atomic E-state index is 11.2. The van der Waals surface area contributed by atoms with Gasteiger partial charge in [0.15, 0.2) is 0 Å². The van der Waals surface area contributed by atoms with E-state index in [1.54, 1.807) is 12.3 Å². The van der Waals surface area contributed by atoms with E-state index in [9.17, 15) is 4.79 Å². The summed E-state index contributed by atoms with van der Waals surface area (Å²) >= 11 is 0. The van der Waals surface area contributed by atoms with Gasteiger partial charge in [0.25, 0.3) is 0 Å². The van der Waals surface area contributed by atoms with Crippen molar-refractivity contribution in [2.24, 2.45) is 0 Å². The van der Waals surface area contributed by atoms with Gasteiger partial charge in [-0.2, -0.15) is 0 Å². The fourth-order valence-corrected chi connectivity index (χ4v) is 1.66. The first kappa shape index (κ1) is 11.3. The molecule has 1 aromatic carbocycles. The zero-order valence-corrected chi connectivity index (χ0v) is 9.26. The van der Waals surface area contributed by atoms with Gasteiger partial charge in [0.05, 0.1) is 0 Å². The number of carboxylic acid groups (broad SMARTS) is 1. The van der Waals surface area contributed by atoms with E-state index >= 15 is 0 Å². The van der Waals surface area contributed by atoms with Crippen LogP contribution in [-0.2, 0) is 11.2 Å². The monoisotopic (exact) mass is 230 g/mol. The number of H-pyrrole nitrogens is 1. The molecule has 2 rings (SSSR count). The molecule has 0 bridgehead atoms. The van der Waals surface area contributed by atoms with Gasteiger partial charge < -0.3 is 15.4 Å². The Morgan fingerprint density at radius 3 is 2.59 bits per heavy atom. The Kier molecular flexibility index (Phi) is 3.45. The highest BCUT2D eigenvalue weighted by atomic mass is 16.4. The van der Waals surface area contributed by atoms with Crippen LogP contribution in [0, 0.1) is 0 Å². The van der Waals surface area contributed by atoms with Crippen LogP contribution in [0.1, 0.15) is 5.56 Å². The van der Waals surface area contributed by atoms with Crippen molar-refractivity contribution in [1.29, 1.82) is 0 Å². The molecule has 0 saturated heterocycles. The van der Waals surface area contributed by atoms with Gasteiger partial charge in [0.2, 0.25) is 0 Å². The lowest BCUT2D eigenvalue weighted by atomic mass is 10.1. The summed E-state index contributed by atoms with van der Waals surface area (Å²) in [6.45, 7) is 0. The van der Waals surface area contributed by atoms with E-state index < -0.39 is 12.0 Å². The molecular formula is C13H14N2O2. The molecule has 0 aliphatic carbocycles. The van der Waals surface area contributed by atoms with Crippen LogP contribution in [0.3, 0.4) is 0 Å². The van der Waals surface area contributed by atoms with Crippen molar-refractivity contribution in [3.8, 4) is 0 Å². The SMILES string of the molecule is O=C(O)C(Cc1ccccc1)Nc1ccc[nH]1. The number of aliphatic carboxylic acids is 1. The van der Waals surface area contributed by atoms with Crippen molar-refractivity contribution in [3.05, 3.63) is 54.2 Å². The molecule has 0 saturated carbocycles. The molecule has 1 atom stereocenters. The van der Waals surface area contributed by atoms with Crippen molar-refractivity contribution in [2.75, 3.05) is 5.32 Å². The third kappa shape index (κ3) is 3.11. The van der Waals surface area contributed by atoms with Gasteiger partial charge in [-0.15, -0.1) is 0 Å². The van der Waals surface area contributed by atoms with Gasteiger partial charge in [0, 0.05) is 12.6 Å².